The van der Waals surface area contributed by atoms with Gasteiger partial charge >= 0.3 is 0 Å². The molecule has 3 rings (SSSR count). The van der Waals surface area contributed by atoms with E-state index in [1.165, 1.54) is 12.1 Å². The lowest BCUT2D eigenvalue weighted by Gasteiger charge is -2.06. The van der Waals surface area contributed by atoms with E-state index >= 15 is 0 Å². The maximum Gasteiger partial charge on any atom is 0.231 e. The summed E-state index contributed by atoms with van der Waals surface area (Å²) in [6, 6.07) is 4.86. The summed E-state index contributed by atoms with van der Waals surface area (Å²) in [4.78, 5) is 4.32. The summed E-state index contributed by atoms with van der Waals surface area (Å²) in [6.07, 6.45) is 5.87. The Bertz CT molecular complexity index is 744. The molecule has 6 heteroatoms. The Morgan fingerprint density at radius 2 is 2.14 bits per heavy atom. The van der Waals surface area contributed by atoms with Crippen LogP contribution in [0.4, 0.5) is 4.39 Å². The van der Waals surface area contributed by atoms with E-state index in [1.807, 2.05) is 26.1 Å². The Kier molecular flexibility index (Phi) is 3.44. The largest absolute Gasteiger partial charge is 0.361 e. The third kappa shape index (κ3) is 3.10. The molecule has 1 aliphatic heterocycles. The van der Waals surface area contributed by atoms with Gasteiger partial charge in [0.25, 0.3) is 0 Å². The van der Waals surface area contributed by atoms with Crippen LogP contribution in [0, 0.1) is 5.82 Å². The molecule has 21 heavy (non-hydrogen) atoms. The molecule has 1 N–H and O–H groups in total. The lowest BCUT2D eigenvalue weighted by atomic mass is 9.93. The third-order valence-electron chi connectivity index (χ3n) is 3.06. The Morgan fingerprint density at radius 3 is 2.86 bits per heavy atom. The Morgan fingerprint density at radius 1 is 1.29 bits per heavy atom. The number of hydrogen-bond donors (Lipinski definition) is 1. The number of allylic oxidation sites excluding steroid dienone is 3. The average Bonchev–Trinajstić information content (AvgIpc) is 2.87. The molecule has 0 radical (unpaired) electrons. The van der Waals surface area contributed by atoms with E-state index in [1.54, 1.807) is 6.20 Å². The number of dihydropyridines is 1. The van der Waals surface area contributed by atoms with Gasteiger partial charge in [-0.25, -0.2) is 4.39 Å². The highest BCUT2D eigenvalue weighted by molar-refractivity contribution is 6.32. The van der Waals surface area contributed by atoms with E-state index in [0.29, 0.717) is 18.1 Å². The number of hydrogen-bond acceptors (Lipinski definition) is 4. The second-order valence-corrected chi connectivity index (χ2v) is 4.93. The molecule has 4 nitrogen and oxygen atoms in total. The van der Waals surface area contributed by atoms with E-state index in [9.17, 15) is 4.39 Å². The molecular formula is C15H13BFN3O. The van der Waals surface area contributed by atoms with E-state index < -0.39 is 0 Å². The maximum atomic E-state index is 13.4. The molecule has 0 spiro atoms. The van der Waals surface area contributed by atoms with E-state index in [4.69, 9.17) is 4.52 Å². The second-order valence-electron chi connectivity index (χ2n) is 4.93. The zero-order chi connectivity index (χ0) is 14.8. The van der Waals surface area contributed by atoms with Gasteiger partial charge in [0, 0.05) is 17.5 Å². The van der Waals surface area contributed by atoms with Crippen molar-refractivity contribution in [2.24, 2.45) is 0 Å². The van der Waals surface area contributed by atoms with Gasteiger partial charge in [-0.3, -0.25) is 0 Å². The highest BCUT2D eigenvalue weighted by atomic mass is 19.1. The fraction of sp³-hybridized carbons (Fsp3) is 0.0667. The molecular weight excluding hydrogens is 268 g/mol. The molecule has 0 amide bonds. The number of benzene rings is 1. The van der Waals surface area contributed by atoms with Crippen LogP contribution in [-0.4, -0.2) is 18.0 Å². The van der Waals surface area contributed by atoms with Gasteiger partial charge in [0.05, 0.1) is 6.42 Å². The number of nitrogens with one attached hydrogen (secondary N) is 1. The lowest BCUT2D eigenvalue weighted by molar-refractivity contribution is 0.383. The average molecular weight is 281 g/mol. The Hall–Kier alpha value is -2.63. The molecule has 2 aromatic rings. The van der Waals surface area contributed by atoms with Crippen LogP contribution in [0.3, 0.4) is 0 Å². The SMILES string of the molecule is Bc1cc(F)cc(Cc2nc(C3=CNC(=C)C=C3)no2)c1. The van der Waals surface area contributed by atoms with Gasteiger partial charge in [-0.1, -0.05) is 23.3 Å². The quantitative estimate of drug-likeness (QED) is 0.855. The highest BCUT2D eigenvalue weighted by Crippen LogP contribution is 2.17. The van der Waals surface area contributed by atoms with Crippen LogP contribution in [0.1, 0.15) is 17.3 Å². The van der Waals surface area contributed by atoms with Crippen molar-refractivity contribution in [2.75, 3.05) is 0 Å². The molecule has 0 saturated carbocycles. The zero-order valence-electron chi connectivity index (χ0n) is 11.6. The lowest BCUT2D eigenvalue weighted by Crippen LogP contribution is -2.06. The summed E-state index contributed by atoms with van der Waals surface area (Å²) < 4.78 is 18.6. The van der Waals surface area contributed by atoms with E-state index in [-0.39, 0.29) is 5.82 Å². The number of rotatable bonds is 3. The summed E-state index contributed by atoms with van der Waals surface area (Å²) >= 11 is 0. The van der Waals surface area contributed by atoms with Crippen LogP contribution in [0.15, 0.2) is 53.4 Å². The molecule has 2 heterocycles. The topological polar surface area (TPSA) is 51.0 Å². The Balaban J connectivity index is 1.79. The normalized spacial score (nSPS) is 14.0. The minimum Gasteiger partial charge on any atom is -0.361 e. The maximum absolute atomic E-state index is 13.4. The molecule has 0 fully saturated rings. The van der Waals surface area contributed by atoms with Crippen molar-refractivity contribution in [3.8, 4) is 0 Å². The smallest absolute Gasteiger partial charge is 0.231 e. The van der Waals surface area contributed by atoms with Crippen molar-refractivity contribution < 1.29 is 8.91 Å². The molecule has 0 atom stereocenters. The summed E-state index contributed by atoms with van der Waals surface area (Å²) in [5, 5.41) is 6.93. The predicted octanol–water partition coefficient (Wildman–Crippen LogP) is 1.07. The van der Waals surface area contributed by atoms with Crippen LogP contribution in [0.5, 0.6) is 0 Å². The molecule has 1 aliphatic rings. The minimum absolute atomic E-state index is 0.259. The van der Waals surface area contributed by atoms with Gasteiger partial charge in [0.2, 0.25) is 11.7 Å². The summed E-state index contributed by atoms with van der Waals surface area (Å²) in [6.45, 7) is 3.78. The van der Waals surface area contributed by atoms with Gasteiger partial charge in [0.15, 0.2) is 0 Å². The first-order valence-electron chi connectivity index (χ1n) is 6.53. The number of nitrogens with zero attached hydrogens (tertiary/aromatic N) is 2. The van der Waals surface area contributed by atoms with Gasteiger partial charge in [-0.05, 0) is 29.8 Å². The van der Waals surface area contributed by atoms with Crippen molar-refractivity contribution >= 4 is 18.9 Å². The predicted molar refractivity (Wildman–Crippen MR) is 81.1 cm³/mol. The fourth-order valence-corrected chi connectivity index (χ4v) is 2.13. The molecule has 1 aromatic heterocycles. The monoisotopic (exact) mass is 281 g/mol. The van der Waals surface area contributed by atoms with Gasteiger partial charge in [0.1, 0.15) is 13.7 Å². The highest BCUT2D eigenvalue weighted by Gasteiger charge is 2.12. The third-order valence-corrected chi connectivity index (χ3v) is 3.06. The number of halogens is 1. The van der Waals surface area contributed by atoms with E-state index in [2.05, 4.69) is 22.0 Å². The molecule has 1 aromatic carbocycles. The molecule has 0 unspecified atom stereocenters. The van der Waals surface area contributed by atoms with Crippen molar-refractivity contribution in [1.82, 2.24) is 15.5 Å². The van der Waals surface area contributed by atoms with Crippen LogP contribution >= 0.6 is 0 Å². The van der Waals surface area contributed by atoms with Crippen LogP contribution in [-0.2, 0) is 6.42 Å². The first-order valence-corrected chi connectivity index (χ1v) is 6.53. The van der Waals surface area contributed by atoms with Gasteiger partial charge in [-0.15, -0.1) is 0 Å². The number of aromatic nitrogens is 2. The summed E-state index contributed by atoms with van der Waals surface area (Å²) in [5.74, 6) is 0.688. The van der Waals surface area contributed by atoms with Gasteiger partial charge < -0.3 is 9.84 Å². The van der Waals surface area contributed by atoms with Crippen molar-refractivity contribution in [3.63, 3.8) is 0 Å². The second kappa shape index (κ2) is 5.40. The van der Waals surface area contributed by atoms with E-state index in [0.717, 1.165) is 22.3 Å². The summed E-state index contributed by atoms with van der Waals surface area (Å²) in [5.41, 5.74) is 3.29. The summed E-state index contributed by atoms with van der Waals surface area (Å²) in [7, 11) is 1.85. The van der Waals surface area contributed by atoms with Crippen LogP contribution in [0.2, 0.25) is 0 Å². The first kappa shape index (κ1) is 13.4. The Labute approximate surface area is 122 Å². The fourth-order valence-electron chi connectivity index (χ4n) is 2.13. The van der Waals surface area contributed by atoms with Crippen LogP contribution in [0.25, 0.3) is 5.57 Å². The molecule has 104 valence electrons. The zero-order valence-corrected chi connectivity index (χ0v) is 11.6. The standard InChI is InChI=1S/C15H13BFN3O/c1-9-2-3-11(8-18-9)15-19-14(21-20-15)6-10-4-12(16)7-13(17)5-10/h2-5,7-8,18H,1,6,16H2. The molecule has 0 saturated heterocycles. The molecule has 0 bridgehead atoms. The van der Waals surface area contributed by atoms with Crippen molar-refractivity contribution in [3.05, 3.63) is 71.9 Å². The van der Waals surface area contributed by atoms with Crippen molar-refractivity contribution in [1.29, 1.82) is 0 Å². The molecule has 0 aliphatic carbocycles. The van der Waals surface area contributed by atoms with Crippen molar-refractivity contribution in [2.45, 2.75) is 6.42 Å². The van der Waals surface area contributed by atoms with Gasteiger partial charge in [-0.2, -0.15) is 4.98 Å². The minimum atomic E-state index is -0.259. The first-order chi connectivity index (χ1) is 10.1. The van der Waals surface area contributed by atoms with Crippen LogP contribution < -0.4 is 10.8 Å².